The second-order valence-corrected chi connectivity index (χ2v) is 5.67. The van der Waals surface area contributed by atoms with Crippen LogP contribution in [-0.2, 0) is 0 Å². The van der Waals surface area contributed by atoms with Crippen LogP contribution in [-0.4, -0.2) is 58.9 Å². The third-order valence-electron chi connectivity index (χ3n) is 3.18. The maximum atomic E-state index is 10.1. The molecule has 2 aromatic rings. The van der Waals surface area contributed by atoms with Crippen LogP contribution in [0.2, 0.25) is 0 Å². The summed E-state index contributed by atoms with van der Waals surface area (Å²) in [4.78, 5) is 12.1. The van der Waals surface area contributed by atoms with Gasteiger partial charge in [-0.25, -0.2) is 15.0 Å². The number of imidazole rings is 1. The number of thioether (sulfide) groups is 1. The van der Waals surface area contributed by atoms with E-state index in [1.807, 2.05) is 0 Å². The molecular formula is C10H13N5O3S. The Morgan fingerprint density at radius 3 is 2.74 bits per heavy atom. The molecule has 3 rings (SSSR count). The molecule has 0 aromatic carbocycles. The molecule has 1 fully saturated rings. The fourth-order valence-corrected chi connectivity index (χ4v) is 3.54. The highest BCUT2D eigenvalue weighted by atomic mass is 32.2. The Morgan fingerprint density at radius 1 is 1.26 bits per heavy atom. The SMILES string of the molecule is Nc1ncnc2c1ncn2[C@H]1S[C@@H](CO)[C@H](O)[C@@H]1O. The molecule has 19 heavy (non-hydrogen) atoms. The van der Waals surface area contributed by atoms with Gasteiger partial charge in [-0.05, 0) is 0 Å². The Morgan fingerprint density at radius 2 is 2.05 bits per heavy atom. The smallest absolute Gasteiger partial charge is 0.166 e. The highest BCUT2D eigenvalue weighted by Gasteiger charge is 2.43. The van der Waals surface area contributed by atoms with Crippen molar-refractivity contribution in [3.05, 3.63) is 12.7 Å². The molecule has 2 aromatic heterocycles. The Balaban J connectivity index is 2.04. The van der Waals surface area contributed by atoms with Gasteiger partial charge in [0, 0.05) is 0 Å². The first kappa shape index (κ1) is 12.6. The van der Waals surface area contributed by atoms with Gasteiger partial charge in [-0.1, -0.05) is 0 Å². The van der Waals surface area contributed by atoms with E-state index in [4.69, 9.17) is 10.8 Å². The maximum absolute atomic E-state index is 10.1. The van der Waals surface area contributed by atoms with Crippen molar-refractivity contribution >= 4 is 28.7 Å². The summed E-state index contributed by atoms with van der Waals surface area (Å²) in [5, 5.41) is 28.2. The lowest BCUT2D eigenvalue weighted by atomic mass is 10.1. The molecule has 4 atom stereocenters. The second kappa shape index (κ2) is 4.60. The minimum Gasteiger partial charge on any atom is -0.395 e. The van der Waals surface area contributed by atoms with Gasteiger partial charge in [0.2, 0.25) is 0 Å². The van der Waals surface area contributed by atoms with E-state index >= 15 is 0 Å². The Labute approximate surface area is 112 Å². The molecule has 1 aliphatic heterocycles. The van der Waals surface area contributed by atoms with Crippen LogP contribution in [0.3, 0.4) is 0 Å². The molecule has 102 valence electrons. The van der Waals surface area contributed by atoms with Crippen LogP contribution in [0, 0.1) is 0 Å². The van der Waals surface area contributed by atoms with Crippen LogP contribution < -0.4 is 5.73 Å². The van der Waals surface area contributed by atoms with Gasteiger partial charge in [0.1, 0.15) is 23.3 Å². The topological polar surface area (TPSA) is 130 Å². The van der Waals surface area contributed by atoms with Crippen molar-refractivity contribution in [2.45, 2.75) is 22.8 Å². The highest BCUT2D eigenvalue weighted by molar-refractivity contribution is 8.00. The van der Waals surface area contributed by atoms with Gasteiger partial charge in [0.15, 0.2) is 11.5 Å². The summed E-state index contributed by atoms with van der Waals surface area (Å²) in [6, 6.07) is 0. The van der Waals surface area contributed by atoms with Crippen molar-refractivity contribution in [1.82, 2.24) is 19.5 Å². The number of hydrogen-bond donors (Lipinski definition) is 4. The van der Waals surface area contributed by atoms with Crippen molar-refractivity contribution in [2.24, 2.45) is 0 Å². The van der Waals surface area contributed by atoms with Gasteiger partial charge < -0.3 is 21.1 Å². The highest BCUT2D eigenvalue weighted by Crippen LogP contribution is 2.42. The molecule has 0 bridgehead atoms. The predicted molar refractivity (Wildman–Crippen MR) is 69.3 cm³/mol. The monoisotopic (exact) mass is 283 g/mol. The van der Waals surface area contributed by atoms with E-state index in [0.29, 0.717) is 11.2 Å². The summed E-state index contributed by atoms with van der Waals surface area (Å²) in [5.41, 5.74) is 6.65. The van der Waals surface area contributed by atoms with Crippen molar-refractivity contribution in [1.29, 1.82) is 0 Å². The third kappa shape index (κ3) is 1.86. The summed E-state index contributed by atoms with van der Waals surface area (Å²) < 4.78 is 1.64. The molecule has 0 unspecified atom stereocenters. The number of anilines is 1. The molecular weight excluding hydrogens is 270 g/mol. The zero-order chi connectivity index (χ0) is 13.6. The molecule has 0 amide bonds. The van der Waals surface area contributed by atoms with Crippen LogP contribution in [0.4, 0.5) is 5.82 Å². The fraction of sp³-hybridized carbons (Fsp3) is 0.500. The predicted octanol–water partition coefficient (Wildman–Crippen LogP) is -1.26. The van der Waals surface area contributed by atoms with Gasteiger partial charge in [0.25, 0.3) is 0 Å². The Hall–Kier alpha value is -1.42. The number of hydrogen-bond acceptors (Lipinski definition) is 8. The molecule has 3 heterocycles. The van der Waals surface area contributed by atoms with Crippen molar-refractivity contribution < 1.29 is 15.3 Å². The number of nitrogens with two attached hydrogens (primary N) is 1. The summed E-state index contributed by atoms with van der Waals surface area (Å²) >= 11 is 1.28. The van der Waals surface area contributed by atoms with Crippen molar-refractivity contribution in [3.8, 4) is 0 Å². The maximum Gasteiger partial charge on any atom is 0.166 e. The zero-order valence-electron chi connectivity index (χ0n) is 9.79. The number of aliphatic hydroxyl groups is 3. The average Bonchev–Trinajstić information content (AvgIpc) is 2.94. The first-order valence-electron chi connectivity index (χ1n) is 5.69. The third-order valence-corrected chi connectivity index (χ3v) is 4.74. The average molecular weight is 283 g/mol. The number of fused-ring (bicyclic) bond motifs is 1. The Kier molecular flexibility index (Phi) is 3.05. The summed E-state index contributed by atoms with van der Waals surface area (Å²) in [6.45, 7) is -0.205. The molecule has 0 spiro atoms. The molecule has 8 nitrogen and oxygen atoms in total. The second-order valence-electron chi connectivity index (χ2n) is 4.31. The quantitative estimate of drug-likeness (QED) is 0.537. The number of rotatable bonds is 2. The van der Waals surface area contributed by atoms with Gasteiger partial charge in [0.05, 0.1) is 24.3 Å². The van der Waals surface area contributed by atoms with Gasteiger partial charge in [-0.15, -0.1) is 11.8 Å². The van der Waals surface area contributed by atoms with Crippen LogP contribution in [0.1, 0.15) is 5.37 Å². The molecule has 9 heteroatoms. The van der Waals surface area contributed by atoms with E-state index in [2.05, 4.69) is 15.0 Å². The zero-order valence-corrected chi connectivity index (χ0v) is 10.6. The van der Waals surface area contributed by atoms with Gasteiger partial charge in [-0.2, -0.15) is 0 Å². The minimum absolute atomic E-state index is 0.205. The molecule has 0 radical (unpaired) electrons. The summed E-state index contributed by atoms with van der Waals surface area (Å²) in [5.74, 6) is 0.264. The Bertz CT molecular complexity index is 606. The number of nitrogen functional groups attached to an aromatic ring is 1. The van der Waals surface area contributed by atoms with Crippen LogP contribution in [0.5, 0.6) is 0 Å². The van der Waals surface area contributed by atoms with E-state index in [0.717, 1.165) is 0 Å². The van der Waals surface area contributed by atoms with Crippen molar-refractivity contribution in [2.75, 3.05) is 12.3 Å². The molecule has 5 N–H and O–H groups in total. The summed E-state index contributed by atoms with van der Waals surface area (Å²) in [7, 11) is 0. The van der Waals surface area contributed by atoms with E-state index in [1.165, 1.54) is 24.4 Å². The number of aliphatic hydroxyl groups excluding tert-OH is 3. The minimum atomic E-state index is -1.00. The lowest BCUT2D eigenvalue weighted by Gasteiger charge is -2.16. The van der Waals surface area contributed by atoms with E-state index < -0.39 is 22.8 Å². The van der Waals surface area contributed by atoms with Crippen LogP contribution >= 0.6 is 11.8 Å². The van der Waals surface area contributed by atoms with E-state index in [9.17, 15) is 10.2 Å². The first-order chi connectivity index (χ1) is 9.13. The van der Waals surface area contributed by atoms with E-state index in [-0.39, 0.29) is 12.4 Å². The summed E-state index contributed by atoms with van der Waals surface area (Å²) in [6.07, 6.45) is 0.831. The van der Waals surface area contributed by atoms with Crippen LogP contribution in [0.15, 0.2) is 12.7 Å². The standard InChI is InChI=1S/C10H13N5O3S/c11-8-5-9(13-2-12-8)15(3-14-5)10-7(18)6(17)4(1-16)19-10/h2-4,6-7,10,16-18H,1H2,(H2,11,12,13)/t4-,6-,7-,10-/m0/s1. The lowest BCUT2D eigenvalue weighted by molar-refractivity contribution is 0.0113. The normalized spacial score (nSPS) is 31.1. The molecule has 1 aliphatic rings. The van der Waals surface area contributed by atoms with Gasteiger partial charge in [-0.3, -0.25) is 4.57 Å². The first-order valence-corrected chi connectivity index (χ1v) is 6.63. The van der Waals surface area contributed by atoms with E-state index in [1.54, 1.807) is 4.57 Å². The molecule has 1 saturated heterocycles. The molecule has 0 aliphatic carbocycles. The van der Waals surface area contributed by atoms with Crippen LogP contribution in [0.25, 0.3) is 11.2 Å². The number of nitrogens with zero attached hydrogens (tertiary/aromatic N) is 4. The number of aromatic nitrogens is 4. The molecule has 0 saturated carbocycles. The van der Waals surface area contributed by atoms with Crippen molar-refractivity contribution in [3.63, 3.8) is 0 Å². The van der Waals surface area contributed by atoms with Gasteiger partial charge >= 0.3 is 0 Å². The lowest BCUT2D eigenvalue weighted by Crippen LogP contribution is -2.32. The fourth-order valence-electron chi connectivity index (χ4n) is 2.17. The largest absolute Gasteiger partial charge is 0.395 e.